The molecule has 1 aliphatic carbocycles. The van der Waals surface area contributed by atoms with Crippen LogP contribution in [0.3, 0.4) is 0 Å². The van der Waals surface area contributed by atoms with E-state index in [9.17, 15) is 0 Å². The third-order valence-electron chi connectivity index (χ3n) is 5.03. The Kier molecular flexibility index (Phi) is 5.48. The number of hydrogen-bond donors (Lipinski definition) is 1. The van der Waals surface area contributed by atoms with Gasteiger partial charge in [-0.25, -0.2) is 0 Å². The van der Waals surface area contributed by atoms with Crippen molar-refractivity contribution in [2.24, 2.45) is 11.3 Å². The molecule has 0 spiro atoms. The number of aryl methyl sites for hydroxylation is 3. The highest BCUT2D eigenvalue weighted by molar-refractivity contribution is 5.06. The molecule has 0 radical (unpaired) electrons. The first-order valence-electron chi connectivity index (χ1n) is 8.60. The van der Waals surface area contributed by atoms with Crippen LogP contribution in [0.5, 0.6) is 0 Å². The van der Waals surface area contributed by atoms with Gasteiger partial charge in [0.2, 0.25) is 0 Å². The topological polar surface area (TPSA) is 29.9 Å². The maximum Gasteiger partial charge on any atom is 0.0596 e. The summed E-state index contributed by atoms with van der Waals surface area (Å²) in [5.74, 6) is 0.908. The zero-order valence-electron chi connectivity index (χ0n) is 14.6. The molecular formula is C18H33N3. The van der Waals surface area contributed by atoms with E-state index >= 15 is 0 Å². The lowest BCUT2D eigenvalue weighted by atomic mass is 9.71. The van der Waals surface area contributed by atoms with Gasteiger partial charge in [-0.2, -0.15) is 5.10 Å². The largest absolute Gasteiger partial charge is 0.314 e. The molecule has 3 nitrogen and oxygen atoms in total. The van der Waals surface area contributed by atoms with Gasteiger partial charge in [0.15, 0.2) is 0 Å². The predicted molar refractivity (Wildman–Crippen MR) is 89.5 cm³/mol. The van der Waals surface area contributed by atoms with Crippen molar-refractivity contribution < 1.29 is 0 Å². The van der Waals surface area contributed by atoms with Crippen molar-refractivity contribution in [3.8, 4) is 0 Å². The molecule has 0 saturated heterocycles. The average Bonchev–Trinajstić information content (AvgIpc) is 2.73. The van der Waals surface area contributed by atoms with E-state index in [0.29, 0.717) is 5.41 Å². The Morgan fingerprint density at radius 1 is 1.19 bits per heavy atom. The summed E-state index contributed by atoms with van der Waals surface area (Å²) in [7, 11) is 0. The lowest BCUT2D eigenvalue weighted by molar-refractivity contribution is 0.160. The first-order valence-corrected chi connectivity index (χ1v) is 8.60. The first kappa shape index (κ1) is 16.5. The van der Waals surface area contributed by atoms with Crippen LogP contribution < -0.4 is 5.32 Å². The van der Waals surface area contributed by atoms with E-state index in [1.807, 2.05) is 0 Å². The second-order valence-electron chi connectivity index (χ2n) is 7.87. The summed E-state index contributed by atoms with van der Waals surface area (Å²) in [6, 6.07) is 2.89. The minimum absolute atomic E-state index is 0.487. The van der Waals surface area contributed by atoms with E-state index in [4.69, 9.17) is 0 Å². The predicted octanol–water partition coefficient (Wildman–Crippen LogP) is 4.08. The van der Waals surface area contributed by atoms with Gasteiger partial charge in [0, 0.05) is 18.3 Å². The minimum atomic E-state index is 0.487. The van der Waals surface area contributed by atoms with Crippen LogP contribution in [0.2, 0.25) is 0 Å². The quantitative estimate of drug-likeness (QED) is 0.828. The summed E-state index contributed by atoms with van der Waals surface area (Å²) in [5.41, 5.74) is 2.89. The molecule has 1 aromatic heterocycles. The van der Waals surface area contributed by atoms with Crippen molar-refractivity contribution in [2.75, 3.05) is 6.54 Å². The van der Waals surface area contributed by atoms with E-state index in [0.717, 1.165) is 30.7 Å². The standard InChI is InChI=1S/C18H33N3/c1-14-13-15(2)21(20-14)12-6-11-19-17-9-7-16(8-10-17)18(3,4)5/h13,16-17,19H,6-12H2,1-5H3. The lowest BCUT2D eigenvalue weighted by Crippen LogP contribution is -2.36. The van der Waals surface area contributed by atoms with Gasteiger partial charge in [-0.15, -0.1) is 0 Å². The van der Waals surface area contributed by atoms with Crippen molar-refractivity contribution in [2.45, 2.75) is 79.3 Å². The second-order valence-corrected chi connectivity index (χ2v) is 7.87. The van der Waals surface area contributed by atoms with Gasteiger partial charge in [-0.05, 0) is 69.9 Å². The van der Waals surface area contributed by atoms with Crippen LogP contribution in [0.4, 0.5) is 0 Å². The fourth-order valence-corrected chi connectivity index (χ4v) is 3.60. The molecule has 1 fully saturated rings. The van der Waals surface area contributed by atoms with Crippen LogP contribution in [0, 0.1) is 25.2 Å². The molecule has 120 valence electrons. The summed E-state index contributed by atoms with van der Waals surface area (Å²) < 4.78 is 2.13. The molecule has 1 aromatic rings. The van der Waals surface area contributed by atoms with Crippen molar-refractivity contribution in [3.05, 3.63) is 17.5 Å². The number of nitrogens with one attached hydrogen (secondary N) is 1. The Bertz CT molecular complexity index is 434. The zero-order chi connectivity index (χ0) is 15.5. The Labute approximate surface area is 130 Å². The molecule has 1 N–H and O–H groups in total. The van der Waals surface area contributed by atoms with Crippen LogP contribution in [0.1, 0.15) is 64.3 Å². The number of hydrogen-bond acceptors (Lipinski definition) is 2. The second kappa shape index (κ2) is 6.95. The van der Waals surface area contributed by atoms with Crippen LogP contribution in [0.25, 0.3) is 0 Å². The van der Waals surface area contributed by atoms with Crippen LogP contribution in [0.15, 0.2) is 6.07 Å². The molecule has 1 heterocycles. The summed E-state index contributed by atoms with van der Waals surface area (Å²) in [6.45, 7) is 13.5. The van der Waals surface area contributed by atoms with Crippen molar-refractivity contribution in [1.29, 1.82) is 0 Å². The highest BCUT2D eigenvalue weighted by Gasteiger charge is 2.29. The fourth-order valence-electron chi connectivity index (χ4n) is 3.60. The molecule has 2 rings (SSSR count). The number of rotatable bonds is 5. The minimum Gasteiger partial charge on any atom is -0.314 e. The zero-order valence-corrected chi connectivity index (χ0v) is 14.6. The highest BCUT2D eigenvalue weighted by Crippen LogP contribution is 2.37. The summed E-state index contributed by atoms with van der Waals surface area (Å²) in [5, 5.41) is 8.27. The maximum atomic E-state index is 4.52. The van der Waals surface area contributed by atoms with Crippen molar-refractivity contribution >= 4 is 0 Å². The number of nitrogens with zero attached hydrogens (tertiary/aromatic N) is 2. The van der Waals surface area contributed by atoms with Gasteiger partial charge in [0.25, 0.3) is 0 Å². The van der Waals surface area contributed by atoms with E-state index < -0.39 is 0 Å². The molecule has 1 saturated carbocycles. The van der Waals surface area contributed by atoms with Gasteiger partial charge < -0.3 is 5.32 Å². The SMILES string of the molecule is Cc1cc(C)n(CCCNC2CCC(C(C)(C)C)CC2)n1. The molecular weight excluding hydrogens is 258 g/mol. The first-order chi connectivity index (χ1) is 9.86. The fraction of sp³-hybridized carbons (Fsp3) is 0.833. The van der Waals surface area contributed by atoms with E-state index in [1.165, 1.54) is 37.8 Å². The monoisotopic (exact) mass is 291 g/mol. The average molecular weight is 291 g/mol. The van der Waals surface area contributed by atoms with Crippen molar-refractivity contribution in [3.63, 3.8) is 0 Å². The van der Waals surface area contributed by atoms with Gasteiger partial charge >= 0.3 is 0 Å². The van der Waals surface area contributed by atoms with E-state index in [1.54, 1.807) is 0 Å². The molecule has 21 heavy (non-hydrogen) atoms. The molecule has 0 unspecified atom stereocenters. The molecule has 0 atom stereocenters. The van der Waals surface area contributed by atoms with Crippen LogP contribution in [-0.2, 0) is 6.54 Å². The Balaban J connectivity index is 1.63. The summed E-state index contributed by atoms with van der Waals surface area (Å²) in [4.78, 5) is 0. The summed E-state index contributed by atoms with van der Waals surface area (Å²) in [6.07, 6.45) is 6.64. The van der Waals surface area contributed by atoms with Gasteiger partial charge in [-0.3, -0.25) is 4.68 Å². The molecule has 0 bridgehead atoms. The van der Waals surface area contributed by atoms with Crippen LogP contribution >= 0.6 is 0 Å². The van der Waals surface area contributed by atoms with Crippen LogP contribution in [-0.4, -0.2) is 22.4 Å². The Morgan fingerprint density at radius 3 is 2.38 bits per heavy atom. The van der Waals surface area contributed by atoms with Crippen molar-refractivity contribution in [1.82, 2.24) is 15.1 Å². The van der Waals surface area contributed by atoms with Gasteiger partial charge in [0.05, 0.1) is 5.69 Å². The lowest BCUT2D eigenvalue weighted by Gasteiger charge is -2.37. The molecule has 3 heteroatoms. The molecule has 0 amide bonds. The Hall–Kier alpha value is -0.830. The third-order valence-corrected chi connectivity index (χ3v) is 5.03. The summed E-state index contributed by atoms with van der Waals surface area (Å²) >= 11 is 0. The Morgan fingerprint density at radius 2 is 1.86 bits per heavy atom. The number of aromatic nitrogens is 2. The smallest absolute Gasteiger partial charge is 0.0596 e. The molecule has 1 aliphatic rings. The van der Waals surface area contributed by atoms with E-state index in [-0.39, 0.29) is 0 Å². The highest BCUT2D eigenvalue weighted by atomic mass is 15.3. The molecule has 0 aromatic carbocycles. The normalized spacial score (nSPS) is 23.5. The third kappa shape index (κ3) is 4.84. The van der Waals surface area contributed by atoms with Gasteiger partial charge in [0.1, 0.15) is 0 Å². The molecule has 0 aliphatic heterocycles. The van der Waals surface area contributed by atoms with Gasteiger partial charge in [-0.1, -0.05) is 20.8 Å². The maximum absolute atomic E-state index is 4.52. The van der Waals surface area contributed by atoms with E-state index in [2.05, 4.69) is 55.8 Å².